The number of hydrogen-bond donors (Lipinski definition) is 4. The molecule has 68 valence electrons. The van der Waals surface area contributed by atoms with Gasteiger partial charge in [0.05, 0.1) is 18.4 Å². The van der Waals surface area contributed by atoms with E-state index in [9.17, 15) is 0 Å². The summed E-state index contributed by atoms with van der Waals surface area (Å²) in [5.41, 5.74) is 0.889. The molecule has 0 amide bonds. The van der Waals surface area contributed by atoms with Crippen LogP contribution in [0.5, 0.6) is 0 Å². The minimum atomic E-state index is -0.691. The standard InChI is InChI=1S/C7H13N3O2/c11-5-7(12)4-8-3-6-1-2-9-10-6/h1-2,7-8,11-12H,3-5H2,(H,9,10). The van der Waals surface area contributed by atoms with Gasteiger partial charge >= 0.3 is 0 Å². The molecule has 0 radical (unpaired) electrons. The van der Waals surface area contributed by atoms with Crippen molar-refractivity contribution in [2.24, 2.45) is 0 Å². The molecule has 0 aliphatic heterocycles. The van der Waals surface area contributed by atoms with Crippen molar-refractivity contribution in [1.82, 2.24) is 15.5 Å². The van der Waals surface area contributed by atoms with E-state index in [1.54, 1.807) is 6.20 Å². The highest BCUT2D eigenvalue weighted by Crippen LogP contribution is 1.89. The van der Waals surface area contributed by atoms with Crippen molar-refractivity contribution in [1.29, 1.82) is 0 Å². The van der Waals surface area contributed by atoms with Crippen molar-refractivity contribution < 1.29 is 10.2 Å². The van der Waals surface area contributed by atoms with Crippen LogP contribution < -0.4 is 5.32 Å². The van der Waals surface area contributed by atoms with Crippen LogP contribution in [-0.4, -0.2) is 39.7 Å². The molecule has 1 heterocycles. The molecule has 1 aromatic rings. The maximum Gasteiger partial charge on any atom is 0.0895 e. The molecule has 0 aliphatic carbocycles. The summed E-state index contributed by atoms with van der Waals surface area (Å²) in [5, 5.41) is 27.0. The van der Waals surface area contributed by atoms with Crippen LogP contribution in [0.2, 0.25) is 0 Å². The van der Waals surface area contributed by atoms with Crippen LogP contribution in [-0.2, 0) is 6.54 Å². The van der Waals surface area contributed by atoms with Crippen LogP contribution in [0.25, 0.3) is 0 Å². The predicted molar refractivity (Wildman–Crippen MR) is 43.4 cm³/mol. The smallest absolute Gasteiger partial charge is 0.0895 e. The molecular formula is C7H13N3O2. The number of aromatic amines is 1. The van der Waals surface area contributed by atoms with Crippen molar-refractivity contribution in [2.45, 2.75) is 12.6 Å². The predicted octanol–water partition coefficient (Wildman–Crippen LogP) is -1.15. The summed E-state index contributed by atoms with van der Waals surface area (Å²) in [6.07, 6.45) is 1.04. The molecule has 1 unspecified atom stereocenters. The van der Waals surface area contributed by atoms with Gasteiger partial charge in [0.25, 0.3) is 0 Å². The third kappa shape index (κ3) is 3.00. The lowest BCUT2D eigenvalue weighted by Crippen LogP contribution is -2.29. The molecule has 5 heteroatoms. The van der Waals surface area contributed by atoms with Crippen molar-refractivity contribution in [3.8, 4) is 0 Å². The van der Waals surface area contributed by atoms with E-state index in [-0.39, 0.29) is 6.61 Å². The average molecular weight is 171 g/mol. The van der Waals surface area contributed by atoms with E-state index in [1.807, 2.05) is 6.07 Å². The molecule has 1 aromatic heterocycles. The van der Waals surface area contributed by atoms with E-state index in [0.717, 1.165) is 5.69 Å². The number of H-pyrrole nitrogens is 1. The lowest BCUT2D eigenvalue weighted by atomic mass is 10.3. The lowest BCUT2D eigenvalue weighted by molar-refractivity contribution is 0.0941. The minimum absolute atomic E-state index is 0.215. The number of nitrogens with one attached hydrogen (secondary N) is 2. The molecule has 0 aliphatic rings. The zero-order valence-electron chi connectivity index (χ0n) is 6.70. The largest absolute Gasteiger partial charge is 0.394 e. The summed E-state index contributed by atoms with van der Waals surface area (Å²) < 4.78 is 0. The van der Waals surface area contributed by atoms with E-state index < -0.39 is 6.10 Å². The van der Waals surface area contributed by atoms with Gasteiger partial charge in [0.2, 0.25) is 0 Å². The van der Waals surface area contributed by atoms with Gasteiger partial charge in [0, 0.05) is 19.3 Å². The van der Waals surface area contributed by atoms with Gasteiger partial charge in [-0.3, -0.25) is 5.10 Å². The van der Waals surface area contributed by atoms with Gasteiger partial charge in [0.15, 0.2) is 0 Å². The number of aromatic nitrogens is 2. The summed E-state index contributed by atoms with van der Waals surface area (Å²) >= 11 is 0. The molecule has 12 heavy (non-hydrogen) atoms. The van der Waals surface area contributed by atoms with Crippen LogP contribution >= 0.6 is 0 Å². The highest BCUT2D eigenvalue weighted by Gasteiger charge is 2.00. The SMILES string of the molecule is OCC(O)CNCc1cc[nH]n1. The number of hydrogen-bond acceptors (Lipinski definition) is 4. The Labute approximate surface area is 70.4 Å². The molecule has 0 saturated heterocycles. The second-order valence-electron chi connectivity index (χ2n) is 2.53. The fraction of sp³-hybridized carbons (Fsp3) is 0.571. The third-order valence-corrected chi connectivity index (χ3v) is 1.46. The number of aliphatic hydroxyl groups excluding tert-OH is 2. The molecule has 1 atom stereocenters. The monoisotopic (exact) mass is 171 g/mol. The Hall–Kier alpha value is -0.910. The van der Waals surface area contributed by atoms with Crippen LogP contribution in [0.4, 0.5) is 0 Å². The van der Waals surface area contributed by atoms with Crippen molar-refractivity contribution in [3.05, 3.63) is 18.0 Å². The zero-order valence-corrected chi connectivity index (χ0v) is 6.70. The molecule has 0 aromatic carbocycles. The van der Waals surface area contributed by atoms with E-state index in [0.29, 0.717) is 13.1 Å². The zero-order chi connectivity index (χ0) is 8.81. The highest BCUT2D eigenvalue weighted by molar-refractivity contribution is 4.96. The summed E-state index contributed by atoms with van der Waals surface area (Å²) in [4.78, 5) is 0. The first-order valence-electron chi connectivity index (χ1n) is 3.81. The van der Waals surface area contributed by atoms with Gasteiger partial charge < -0.3 is 15.5 Å². The first kappa shape index (κ1) is 9.18. The van der Waals surface area contributed by atoms with Crippen LogP contribution in [0.3, 0.4) is 0 Å². The van der Waals surface area contributed by atoms with Gasteiger partial charge in [-0.05, 0) is 6.07 Å². The summed E-state index contributed by atoms with van der Waals surface area (Å²) in [6.45, 7) is 0.761. The first-order valence-corrected chi connectivity index (χ1v) is 3.81. The van der Waals surface area contributed by atoms with E-state index >= 15 is 0 Å². The summed E-state index contributed by atoms with van der Waals surface area (Å²) in [5.74, 6) is 0. The molecule has 0 fully saturated rings. The number of nitrogens with zero attached hydrogens (tertiary/aromatic N) is 1. The first-order chi connectivity index (χ1) is 5.83. The molecule has 0 saturated carbocycles. The molecular weight excluding hydrogens is 158 g/mol. The Balaban J connectivity index is 2.11. The summed E-state index contributed by atoms with van der Waals surface area (Å²) in [7, 11) is 0. The maximum atomic E-state index is 8.95. The minimum Gasteiger partial charge on any atom is -0.394 e. The molecule has 4 N–H and O–H groups in total. The maximum absolute atomic E-state index is 8.95. The van der Waals surface area contributed by atoms with Crippen molar-refractivity contribution in [2.75, 3.05) is 13.2 Å². The van der Waals surface area contributed by atoms with Crippen molar-refractivity contribution >= 4 is 0 Å². The van der Waals surface area contributed by atoms with Gasteiger partial charge in [-0.1, -0.05) is 0 Å². The Bertz CT molecular complexity index is 200. The van der Waals surface area contributed by atoms with E-state index in [2.05, 4.69) is 15.5 Å². The Morgan fingerprint density at radius 1 is 1.67 bits per heavy atom. The molecule has 5 nitrogen and oxygen atoms in total. The molecule has 1 rings (SSSR count). The van der Waals surface area contributed by atoms with Gasteiger partial charge in [-0.15, -0.1) is 0 Å². The fourth-order valence-corrected chi connectivity index (χ4v) is 0.821. The second kappa shape index (κ2) is 4.87. The van der Waals surface area contributed by atoms with Gasteiger partial charge in [-0.2, -0.15) is 5.10 Å². The van der Waals surface area contributed by atoms with E-state index in [4.69, 9.17) is 10.2 Å². The molecule has 0 spiro atoms. The Kier molecular flexibility index (Phi) is 3.72. The normalized spacial score (nSPS) is 13.2. The Morgan fingerprint density at radius 2 is 2.50 bits per heavy atom. The lowest BCUT2D eigenvalue weighted by Gasteiger charge is -2.06. The van der Waals surface area contributed by atoms with Gasteiger partial charge in [-0.25, -0.2) is 0 Å². The van der Waals surface area contributed by atoms with Gasteiger partial charge in [0.1, 0.15) is 0 Å². The second-order valence-corrected chi connectivity index (χ2v) is 2.53. The van der Waals surface area contributed by atoms with Crippen molar-refractivity contribution in [3.63, 3.8) is 0 Å². The quantitative estimate of drug-likeness (QED) is 0.451. The van der Waals surface area contributed by atoms with Crippen LogP contribution in [0.15, 0.2) is 12.3 Å². The number of aliphatic hydroxyl groups is 2. The topological polar surface area (TPSA) is 81.2 Å². The Morgan fingerprint density at radius 3 is 3.08 bits per heavy atom. The fourth-order valence-electron chi connectivity index (χ4n) is 0.821. The van der Waals surface area contributed by atoms with Crippen LogP contribution in [0, 0.1) is 0 Å². The van der Waals surface area contributed by atoms with E-state index in [1.165, 1.54) is 0 Å². The number of rotatable bonds is 5. The van der Waals surface area contributed by atoms with Crippen LogP contribution in [0.1, 0.15) is 5.69 Å². The third-order valence-electron chi connectivity index (χ3n) is 1.46. The molecule has 0 bridgehead atoms. The average Bonchev–Trinajstić information content (AvgIpc) is 2.57. The summed E-state index contributed by atoms with van der Waals surface area (Å²) in [6, 6.07) is 1.85. The highest BCUT2D eigenvalue weighted by atomic mass is 16.3.